The molecule has 2 rings (SSSR count). The minimum atomic E-state index is -3.63. The highest BCUT2D eigenvalue weighted by atomic mass is 35.5. The third-order valence-electron chi connectivity index (χ3n) is 2.90. The van der Waals surface area contributed by atoms with Crippen LogP contribution < -0.4 is 4.72 Å². The smallest absolute Gasteiger partial charge is 0.261 e. The van der Waals surface area contributed by atoms with Crippen LogP contribution in [0, 0.1) is 6.92 Å². The zero-order valence-electron chi connectivity index (χ0n) is 12.6. The molecule has 0 unspecified atom stereocenters. The molecule has 0 aliphatic rings. The van der Waals surface area contributed by atoms with E-state index < -0.39 is 10.0 Å². The minimum Gasteiger partial charge on any atom is -0.278 e. The Morgan fingerprint density at radius 3 is 2.32 bits per heavy atom. The molecule has 0 aromatic heterocycles. The van der Waals surface area contributed by atoms with E-state index in [9.17, 15) is 8.42 Å². The van der Waals surface area contributed by atoms with E-state index in [-0.39, 0.29) is 4.90 Å². The van der Waals surface area contributed by atoms with Crippen LogP contribution in [0.5, 0.6) is 0 Å². The zero-order chi connectivity index (χ0) is 16.3. The fourth-order valence-electron chi connectivity index (χ4n) is 1.87. The summed E-state index contributed by atoms with van der Waals surface area (Å²) < 4.78 is 27.6. The van der Waals surface area contributed by atoms with Gasteiger partial charge in [-0.25, -0.2) is 8.42 Å². The molecule has 3 nitrogen and oxygen atoms in total. The normalized spacial score (nSPS) is 11.7. The van der Waals surface area contributed by atoms with Crippen molar-refractivity contribution < 1.29 is 8.42 Å². The first-order valence-electron chi connectivity index (χ1n) is 6.84. The summed E-state index contributed by atoms with van der Waals surface area (Å²) in [7, 11) is -3.63. The number of rotatable bonds is 5. The average molecular weight is 356 g/mol. The molecule has 0 saturated carbocycles. The van der Waals surface area contributed by atoms with Crippen molar-refractivity contribution in [2.24, 2.45) is 0 Å². The van der Waals surface area contributed by atoms with E-state index in [2.05, 4.69) is 4.72 Å². The first-order chi connectivity index (χ1) is 10.3. The van der Waals surface area contributed by atoms with E-state index in [1.165, 1.54) is 11.8 Å². The van der Waals surface area contributed by atoms with Crippen molar-refractivity contribution >= 4 is 39.1 Å². The van der Waals surface area contributed by atoms with Gasteiger partial charge in [0, 0.05) is 5.25 Å². The van der Waals surface area contributed by atoms with Crippen LogP contribution in [0.1, 0.15) is 19.4 Å². The molecular weight excluding hydrogens is 338 g/mol. The second-order valence-corrected chi connectivity index (χ2v) is 8.88. The molecule has 0 saturated heterocycles. The van der Waals surface area contributed by atoms with Crippen molar-refractivity contribution in [2.75, 3.05) is 4.72 Å². The van der Waals surface area contributed by atoms with E-state index in [4.69, 9.17) is 11.6 Å². The van der Waals surface area contributed by atoms with Crippen LogP contribution in [-0.4, -0.2) is 13.7 Å². The summed E-state index contributed by atoms with van der Waals surface area (Å²) in [5, 5.41) is 0.838. The van der Waals surface area contributed by atoms with Gasteiger partial charge in [0.1, 0.15) is 0 Å². The topological polar surface area (TPSA) is 46.2 Å². The summed E-state index contributed by atoms with van der Waals surface area (Å²) in [6.45, 7) is 5.98. The molecule has 1 N–H and O–H groups in total. The summed E-state index contributed by atoms with van der Waals surface area (Å²) in [5.41, 5.74) is 1.52. The van der Waals surface area contributed by atoms with Gasteiger partial charge in [-0.15, -0.1) is 11.8 Å². The summed E-state index contributed by atoms with van der Waals surface area (Å²) in [5.74, 6) is 0. The molecule has 0 aliphatic heterocycles. The maximum Gasteiger partial charge on any atom is 0.261 e. The van der Waals surface area contributed by atoms with Crippen molar-refractivity contribution in [1.29, 1.82) is 0 Å². The third kappa shape index (κ3) is 4.18. The molecule has 118 valence electrons. The molecule has 6 heteroatoms. The zero-order valence-corrected chi connectivity index (χ0v) is 15.0. The van der Waals surface area contributed by atoms with E-state index in [1.54, 1.807) is 42.5 Å². The number of sulfonamides is 1. The van der Waals surface area contributed by atoms with Crippen LogP contribution in [-0.2, 0) is 10.0 Å². The molecule has 0 amide bonds. The molecule has 0 spiro atoms. The predicted molar refractivity (Wildman–Crippen MR) is 94.4 cm³/mol. The second kappa shape index (κ2) is 6.94. The van der Waals surface area contributed by atoms with Crippen LogP contribution in [0.2, 0.25) is 5.02 Å². The van der Waals surface area contributed by atoms with Crippen molar-refractivity contribution in [3.05, 3.63) is 53.1 Å². The molecule has 0 fully saturated rings. The van der Waals surface area contributed by atoms with Crippen LogP contribution in [0.3, 0.4) is 0 Å². The van der Waals surface area contributed by atoms with Crippen molar-refractivity contribution in [2.45, 2.75) is 35.8 Å². The number of anilines is 1. The monoisotopic (exact) mass is 355 g/mol. The fraction of sp³-hybridized carbons (Fsp3) is 0.250. The Morgan fingerprint density at radius 1 is 1.09 bits per heavy atom. The minimum absolute atomic E-state index is 0.235. The van der Waals surface area contributed by atoms with Crippen molar-refractivity contribution in [1.82, 2.24) is 0 Å². The highest BCUT2D eigenvalue weighted by Crippen LogP contribution is 2.37. The van der Waals surface area contributed by atoms with Gasteiger partial charge < -0.3 is 0 Å². The number of halogens is 1. The maximum absolute atomic E-state index is 12.5. The van der Waals surface area contributed by atoms with Crippen molar-refractivity contribution in [3.8, 4) is 0 Å². The number of benzene rings is 2. The lowest BCUT2D eigenvalue weighted by atomic mass is 10.2. The van der Waals surface area contributed by atoms with Gasteiger partial charge in [-0.2, -0.15) is 0 Å². The summed E-state index contributed by atoms with van der Waals surface area (Å²) >= 11 is 7.74. The van der Waals surface area contributed by atoms with Crippen LogP contribution in [0.25, 0.3) is 0 Å². The van der Waals surface area contributed by atoms with E-state index in [1.807, 2.05) is 20.8 Å². The molecule has 0 bridgehead atoms. The van der Waals surface area contributed by atoms with Crippen LogP contribution >= 0.6 is 23.4 Å². The molecule has 0 radical (unpaired) electrons. The lowest BCUT2D eigenvalue weighted by Gasteiger charge is -2.15. The summed E-state index contributed by atoms with van der Waals surface area (Å²) in [4.78, 5) is 0.980. The first kappa shape index (κ1) is 17.2. The fourth-order valence-corrected chi connectivity index (χ4v) is 4.21. The van der Waals surface area contributed by atoms with Gasteiger partial charge in [0.2, 0.25) is 0 Å². The van der Waals surface area contributed by atoms with Crippen LogP contribution in [0.15, 0.2) is 52.3 Å². The number of aryl methyl sites for hydroxylation is 1. The van der Waals surface area contributed by atoms with Gasteiger partial charge in [0.15, 0.2) is 0 Å². The Balaban J connectivity index is 2.37. The quantitative estimate of drug-likeness (QED) is 0.772. The Hall–Kier alpha value is -1.17. The highest BCUT2D eigenvalue weighted by molar-refractivity contribution is 8.00. The average Bonchev–Trinajstić information content (AvgIpc) is 2.42. The molecule has 0 atom stereocenters. The molecule has 22 heavy (non-hydrogen) atoms. The molecule has 2 aromatic rings. The lowest BCUT2D eigenvalue weighted by Crippen LogP contribution is -2.13. The summed E-state index contributed by atoms with van der Waals surface area (Å²) in [6, 6.07) is 12.0. The number of hydrogen-bond acceptors (Lipinski definition) is 3. The van der Waals surface area contributed by atoms with Crippen LogP contribution in [0.4, 0.5) is 5.69 Å². The first-order valence-corrected chi connectivity index (χ1v) is 9.58. The number of nitrogens with one attached hydrogen (secondary N) is 1. The molecule has 2 aromatic carbocycles. The standard InChI is InChI=1S/C16H18ClNO2S2/c1-11(2)21-16-14(17)5-4-6-15(16)18-22(19,20)13-9-7-12(3)8-10-13/h4-11,18H,1-3H3. The number of thioether (sulfide) groups is 1. The highest BCUT2D eigenvalue weighted by Gasteiger charge is 2.18. The van der Waals surface area contributed by atoms with Gasteiger partial charge in [-0.05, 0) is 31.2 Å². The van der Waals surface area contributed by atoms with E-state index in [0.717, 1.165) is 10.5 Å². The maximum atomic E-state index is 12.5. The Morgan fingerprint density at radius 2 is 1.73 bits per heavy atom. The Kier molecular flexibility index (Phi) is 5.42. The molecular formula is C16H18ClNO2S2. The van der Waals surface area contributed by atoms with Crippen molar-refractivity contribution in [3.63, 3.8) is 0 Å². The van der Waals surface area contributed by atoms with Gasteiger partial charge in [-0.1, -0.05) is 49.2 Å². The Bertz CT molecular complexity index is 756. The number of hydrogen-bond donors (Lipinski definition) is 1. The van der Waals surface area contributed by atoms with E-state index >= 15 is 0 Å². The predicted octanol–water partition coefficient (Wildman–Crippen LogP) is 4.95. The largest absolute Gasteiger partial charge is 0.278 e. The van der Waals surface area contributed by atoms with Gasteiger partial charge in [-0.3, -0.25) is 4.72 Å². The Labute approximate surface area is 141 Å². The molecule has 0 heterocycles. The molecule has 0 aliphatic carbocycles. The van der Waals surface area contributed by atoms with E-state index in [0.29, 0.717) is 16.0 Å². The van der Waals surface area contributed by atoms with Gasteiger partial charge in [0.05, 0.1) is 20.5 Å². The van der Waals surface area contributed by atoms with Gasteiger partial charge in [0.25, 0.3) is 10.0 Å². The SMILES string of the molecule is Cc1ccc(S(=O)(=O)Nc2cccc(Cl)c2SC(C)C)cc1. The summed E-state index contributed by atoms with van der Waals surface area (Å²) in [6.07, 6.45) is 0. The third-order valence-corrected chi connectivity index (χ3v) is 5.85. The van der Waals surface area contributed by atoms with Gasteiger partial charge >= 0.3 is 0 Å². The second-order valence-electron chi connectivity index (χ2n) is 5.20. The lowest BCUT2D eigenvalue weighted by molar-refractivity contribution is 0.601.